The number of benzene rings is 1. The van der Waals surface area contributed by atoms with Gasteiger partial charge in [0.25, 0.3) is 0 Å². The van der Waals surface area contributed by atoms with Gasteiger partial charge in [0.1, 0.15) is 12.0 Å². The van der Waals surface area contributed by atoms with Crippen molar-refractivity contribution in [2.45, 2.75) is 25.4 Å². The van der Waals surface area contributed by atoms with Crippen molar-refractivity contribution in [3.05, 3.63) is 24.3 Å². The van der Waals surface area contributed by atoms with Crippen LogP contribution < -0.4 is 15.0 Å². The molecule has 20 heavy (non-hydrogen) atoms. The fraction of sp³-hybridized carbons (Fsp3) is 0.462. The number of aldehydes is 1. The summed E-state index contributed by atoms with van der Waals surface area (Å²) >= 11 is 0. The summed E-state index contributed by atoms with van der Waals surface area (Å²) in [5, 5.41) is 3.05. The summed E-state index contributed by atoms with van der Waals surface area (Å²) in [4.78, 5) is 12.8. The molecule has 1 heterocycles. The molecule has 1 aliphatic heterocycles. The Morgan fingerprint density at radius 1 is 1.45 bits per heavy atom. The molecule has 0 aliphatic carbocycles. The second-order valence-electron chi connectivity index (χ2n) is 4.60. The molecule has 1 fully saturated rings. The normalized spacial score (nSPS) is 23.5. The molecule has 0 saturated carbocycles. The van der Waals surface area contributed by atoms with Crippen LogP contribution in [0.25, 0.3) is 0 Å². The molecule has 110 valence electrons. The zero-order valence-corrected chi connectivity index (χ0v) is 10.9. The monoisotopic (exact) mass is 288 g/mol. The first-order valence-electron chi connectivity index (χ1n) is 6.22. The number of alkyl halides is 3. The lowest BCUT2D eigenvalue weighted by molar-refractivity contribution is -0.274. The summed E-state index contributed by atoms with van der Waals surface area (Å²) in [6, 6.07) is 5.31. The van der Waals surface area contributed by atoms with E-state index in [-0.39, 0.29) is 17.8 Å². The number of anilines is 1. The third-order valence-electron chi connectivity index (χ3n) is 3.27. The second kappa shape index (κ2) is 5.70. The van der Waals surface area contributed by atoms with Crippen LogP contribution in [-0.4, -0.2) is 37.8 Å². The highest BCUT2D eigenvalue weighted by atomic mass is 19.4. The van der Waals surface area contributed by atoms with E-state index in [1.165, 1.54) is 18.2 Å². The molecule has 2 unspecified atom stereocenters. The van der Waals surface area contributed by atoms with Crippen LogP contribution in [0, 0.1) is 0 Å². The lowest BCUT2D eigenvalue weighted by Crippen LogP contribution is -2.57. The van der Waals surface area contributed by atoms with Gasteiger partial charge in [-0.25, -0.2) is 0 Å². The fourth-order valence-corrected chi connectivity index (χ4v) is 2.31. The van der Waals surface area contributed by atoms with Crippen LogP contribution in [-0.2, 0) is 4.79 Å². The lowest BCUT2D eigenvalue weighted by atomic mass is 10.1. The molecule has 0 aromatic heterocycles. The molecule has 2 rings (SSSR count). The first-order chi connectivity index (χ1) is 9.40. The van der Waals surface area contributed by atoms with Crippen LogP contribution in [0.5, 0.6) is 5.75 Å². The van der Waals surface area contributed by atoms with E-state index in [0.29, 0.717) is 18.8 Å². The van der Waals surface area contributed by atoms with Gasteiger partial charge in [0.2, 0.25) is 0 Å². The topological polar surface area (TPSA) is 41.6 Å². The molecule has 1 aromatic carbocycles. The van der Waals surface area contributed by atoms with E-state index in [0.717, 1.165) is 6.29 Å². The van der Waals surface area contributed by atoms with E-state index >= 15 is 0 Å². The summed E-state index contributed by atoms with van der Waals surface area (Å²) in [5.41, 5.74) is 0.604. The van der Waals surface area contributed by atoms with Crippen LogP contribution in [0.2, 0.25) is 0 Å². The zero-order chi connectivity index (χ0) is 14.8. The minimum Gasteiger partial charge on any atom is -0.406 e. The Morgan fingerprint density at radius 3 is 2.85 bits per heavy atom. The molecule has 1 aromatic rings. The van der Waals surface area contributed by atoms with Gasteiger partial charge in [-0.05, 0) is 19.1 Å². The minimum absolute atomic E-state index is 0.137. The molecular weight excluding hydrogens is 273 g/mol. The summed E-state index contributed by atoms with van der Waals surface area (Å²) < 4.78 is 40.6. The van der Waals surface area contributed by atoms with E-state index in [4.69, 9.17) is 0 Å². The molecule has 0 radical (unpaired) electrons. The van der Waals surface area contributed by atoms with Crippen LogP contribution in [0.15, 0.2) is 24.3 Å². The van der Waals surface area contributed by atoms with Gasteiger partial charge in [-0.1, -0.05) is 6.07 Å². The lowest BCUT2D eigenvalue weighted by Gasteiger charge is -2.39. The first-order valence-corrected chi connectivity index (χ1v) is 6.22. The van der Waals surface area contributed by atoms with Crippen molar-refractivity contribution in [2.75, 3.05) is 18.0 Å². The van der Waals surface area contributed by atoms with Gasteiger partial charge in [-0.15, -0.1) is 13.2 Å². The molecule has 1 aliphatic rings. The number of carbonyl (C=O) groups is 1. The van der Waals surface area contributed by atoms with Crippen LogP contribution >= 0.6 is 0 Å². The van der Waals surface area contributed by atoms with Gasteiger partial charge < -0.3 is 19.7 Å². The number of hydrogen-bond acceptors (Lipinski definition) is 4. The number of piperazine rings is 1. The van der Waals surface area contributed by atoms with E-state index in [9.17, 15) is 18.0 Å². The maximum atomic E-state index is 12.2. The Bertz CT molecular complexity index is 479. The number of rotatable bonds is 3. The highest BCUT2D eigenvalue weighted by Crippen LogP contribution is 2.28. The molecular formula is C13H15F3N2O2. The van der Waals surface area contributed by atoms with E-state index < -0.39 is 6.36 Å². The Morgan fingerprint density at radius 2 is 2.20 bits per heavy atom. The SMILES string of the molecule is CC1C(C=O)NCCN1c1cccc(OC(F)(F)F)c1. The molecule has 7 heteroatoms. The fourth-order valence-electron chi connectivity index (χ4n) is 2.31. The predicted octanol–water partition coefficient (Wildman–Crippen LogP) is 1.95. The maximum absolute atomic E-state index is 12.2. The van der Waals surface area contributed by atoms with Gasteiger partial charge in [0.15, 0.2) is 0 Å². The Labute approximate surface area is 114 Å². The number of hydrogen-bond donors (Lipinski definition) is 1. The molecule has 2 atom stereocenters. The Kier molecular flexibility index (Phi) is 4.17. The van der Waals surface area contributed by atoms with Crippen molar-refractivity contribution in [1.29, 1.82) is 0 Å². The van der Waals surface area contributed by atoms with E-state index in [1.807, 2.05) is 11.8 Å². The number of nitrogens with zero attached hydrogens (tertiary/aromatic N) is 1. The van der Waals surface area contributed by atoms with Crippen molar-refractivity contribution in [2.24, 2.45) is 0 Å². The highest BCUT2D eigenvalue weighted by molar-refractivity contribution is 5.63. The predicted molar refractivity (Wildman–Crippen MR) is 67.8 cm³/mol. The Balaban J connectivity index is 2.19. The van der Waals surface area contributed by atoms with Crippen molar-refractivity contribution < 1.29 is 22.7 Å². The van der Waals surface area contributed by atoms with Crippen LogP contribution in [0.4, 0.5) is 18.9 Å². The van der Waals surface area contributed by atoms with Crippen molar-refractivity contribution >= 4 is 12.0 Å². The van der Waals surface area contributed by atoms with Crippen molar-refractivity contribution in [3.8, 4) is 5.75 Å². The van der Waals surface area contributed by atoms with Crippen LogP contribution in [0.1, 0.15) is 6.92 Å². The average Bonchev–Trinajstić information content (AvgIpc) is 2.37. The van der Waals surface area contributed by atoms with Crippen molar-refractivity contribution in [1.82, 2.24) is 5.32 Å². The van der Waals surface area contributed by atoms with Gasteiger partial charge >= 0.3 is 6.36 Å². The third-order valence-corrected chi connectivity index (χ3v) is 3.27. The number of halogens is 3. The van der Waals surface area contributed by atoms with Gasteiger partial charge in [-0.3, -0.25) is 0 Å². The molecule has 1 saturated heterocycles. The molecule has 0 amide bonds. The zero-order valence-electron chi connectivity index (χ0n) is 10.9. The van der Waals surface area contributed by atoms with Gasteiger partial charge in [-0.2, -0.15) is 0 Å². The van der Waals surface area contributed by atoms with E-state index in [1.54, 1.807) is 6.07 Å². The largest absolute Gasteiger partial charge is 0.573 e. The summed E-state index contributed by atoms with van der Waals surface area (Å²) in [6.45, 7) is 3.06. The maximum Gasteiger partial charge on any atom is 0.573 e. The van der Waals surface area contributed by atoms with E-state index in [2.05, 4.69) is 10.1 Å². The number of nitrogens with one attached hydrogen (secondary N) is 1. The average molecular weight is 288 g/mol. The molecule has 0 bridgehead atoms. The quantitative estimate of drug-likeness (QED) is 0.863. The minimum atomic E-state index is -4.71. The van der Waals surface area contributed by atoms with Gasteiger partial charge in [0, 0.05) is 30.9 Å². The molecule has 4 nitrogen and oxygen atoms in total. The Hall–Kier alpha value is -1.76. The number of ether oxygens (including phenoxy) is 1. The standard InChI is InChI=1S/C13H15F3N2O2/c1-9-12(8-19)17-5-6-18(9)10-3-2-4-11(7-10)20-13(14,15)16/h2-4,7-9,12,17H,5-6H2,1H3. The van der Waals surface area contributed by atoms with Crippen molar-refractivity contribution in [3.63, 3.8) is 0 Å². The summed E-state index contributed by atoms with van der Waals surface area (Å²) in [7, 11) is 0. The molecule has 1 N–H and O–H groups in total. The summed E-state index contributed by atoms with van der Waals surface area (Å²) in [6.07, 6.45) is -3.90. The highest BCUT2D eigenvalue weighted by Gasteiger charge is 2.32. The first kappa shape index (κ1) is 14.6. The second-order valence-corrected chi connectivity index (χ2v) is 4.60. The van der Waals surface area contributed by atoms with Crippen LogP contribution in [0.3, 0.4) is 0 Å². The summed E-state index contributed by atoms with van der Waals surface area (Å²) in [5.74, 6) is -0.261. The van der Waals surface area contributed by atoms with Gasteiger partial charge in [0.05, 0.1) is 6.04 Å². The number of carbonyl (C=O) groups excluding carboxylic acids is 1. The molecule has 0 spiro atoms. The third kappa shape index (κ3) is 3.41. The smallest absolute Gasteiger partial charge is 0.406 e.